The van der Waals surface area contributed by atoms with E-state index in [-0.39, 0.29) is 17.9 Å². The summed E-state index contributed by atoms with van der Waals surface area (Å²) in [7, 11) is 0. The molecule has 1 heterocycles. The van der Waals surface area contributed by atoms with E-state index in [0.717, 1.165) is 5.56 Å². The van der Waals surface area contributed by atoms with Crippen LogP contribution in [0.5, 0.6) is 0 Å². The van der Waals surface area contributed by atoms with Crippen LogP contribution in [0.15, 0.2) is 59.2 Å². The largest absolute Gasteiger partial charge is 0.478 e. The third-order valence-corrected chi connectivity index (χ3v) is 4.69. The zero-order chi connectivity index (χ0) is 20.3. The van der Waals surface area contributed by atoms with Gasteiger partial charge in [0.25, 0.3) is 5.91 Å². The molecule has 6 heteroatoms. The van der Waals surface area contributed by atoms with Crippen molar-refractivity contribution in [3.05, 3.63) is 71.0 Å². The summed E-state index contributed by atoms with van der Waals surface area (Å²) in [6.45, 7) is 3.85. The lowest BCUT2D eigenvalue weighted by Crippen LogP contribution is -2.28. The quantitative estimate of drug-likeness (QED) is 0.754. The number of hydrazone groups is 1. The van der Waals surface area contributed by atoms with E-state index in [1.807, 2.05) is 38.1 Å². The van der Waals surface area contributed by atoms with Crippen molar-refractivity contribution in [1.82, 2.24) is 0 Å². The van der Waals surface area contributed by atoms with Crippen LogP contribution >= 0.6 is 0 Å². The molecule has 0 spiro atoms. The summed E-state index contributed by atoms with van der Waals surface area (Å²) in [6.07, 6.45) is 2.04. The van der Waals surface area contributed by atoms with Crippen LogP contribution in [0.25, 0.3) is 6.08 Å². The Morgan fingerprint density at radius 2 is 1.82 bits per heavy atom. The molecule has 0 fully saturated rings. The molecule has 1 unspecified atom stereocenters. The van der Waals surface area contributed by atoms with Gasteiger partial charge < -0.3 is 5.11 Å². The van der Waals surface area contributed by atoms with Crippen molar-refractivity contribution < 1.29 is 19.1 Å². The van der Waals surface area contributed by atoms with Crippen molar-refractivity contribution in [3.63, 3.8) is 0 Å². The molecule has 1 N–H and O–H groups in total. The van der Waals surface area contributed by atoms with Gasteiger partial charge in [-0.3, -0.25) is 4.79 Å². The Kier molecular flexibility index (Phi) is 5.68. The molecule has 1 amide bonds. The van der Waals surface area contributed by atoms with Gasteiger partial charge in [-0.15, -0.1) is 0 Å². The number of halogens is 1. The summed E-state index contributed by atoms with van der Waals surface area (Å²) in [5, 5.41) is 15.4. The second kappa shape index (κ2) is 8.17. The molecule has 0 saturated carbocycles. The third-order valence-electron chi connectivity index (χ3n) is 4.69. The number of anilines is 1. The Morgan fingerprint density at radius 3 is 2.39 bits per heavy atom. The number of amides is 1. The average molecular weight is 380 g/mol. The fraction of sp³-hybridized carbons (Fsp3) is 0.227. The molecule has 0 saturated heterocycles. The number of carboxylic acid groups (broad SMARTS) is 1. The standard InChI is InChI=1S/C22H21FN2O3/c1-3-20-19(21(26)25(24-20)18-10-4-14(2)5-11-18)13-16(22(27)28)12-15-6-8-17(23)9-7-15/h4-12,19H,3,13H2,1-2H3,(H,27,28)/b16-12-. The summed E-state index contributed by atoms with van der Waals surface area (Å²) in [5.41, 5.74) is 3.02. The van der Waals surface area contributed by atoms with Crippen molar-refractivity contribution >= 4 is 29.4 Å². The Labute approximate surface area is 162 Å². The van der Waals surface area contributed by atoms with Crippen LogP contribution in [0.2, 0.25) is 0 Å². The molecule has 28 heavy (non-hydrogen) atoms. The maximum Gasteiger partial charge on any atom is 0.331 e. The first-order chi connectivity index (χ1) is 13.4. The molecule has 2 aromatic carbocycles. The molecule has 1 atom stereocenters. The predicted molar refractivity (Wildman–Crippen MR) is 107 cm³/mol. The normalized spacial score (nSPS) is 17.0. The Bertz CT molecular complexity index is 947. The van der Waals surface area contributed by atoms with E-state index < -0.39 is 17.7 Å². The van der Waals surface area contributed by atoms with E-state index in [4.69, 9.17) is 0 Å². The van der Waals surface area contributed by atoms with Gasteiger partial charge in [-0.05, 0) is 55.7 Å². The van der Waals surface area contributed by atoms with Gasteiger partial charge in [0.2, 0.25) is 0 Å². The number of hydrogen-bond donors (Lipinski definition) is 1. The zero-order valence-electron chi connectivity index (χ0n) is 15.7. The lowest BCUT2D eigenvalue weighted by Gasteiger charge is -2.15. The molecule has 0 bridgehead atoms. The van der Waals surface area contributed by atoms with E-state index in [2.05, 4.69) is 5.10 Å². The molecular weight excluding hydrogens is 359 g/mol. The third kappa shape index (κ3) is 4.17. The minimum atomic E-state index is -1.11. The highest BCUT2D eigenvalue weighted by Gasteiger charge is 2.37. The maximum absolute atomic E-state index is 13.1. The molecule has 1 aliphatic rings. The highest BCUT2D eigenvalue weighted by molar-refractivity contribution is 6.16. The topological polar surface area (TPSA) is 70.0 Å². The summed E-state index contributed by atoms with van der Waals surface area (Å²) in [4.78, 5) is 24.7. The molecule has 0 aliphatic carbocycles. The van der Waals surface area contributed by atoms with Crippen LogP contribution in [0.1, 0.15) is 30.9 Å². The molecule has 1 aliphatic heterocycles. The summed E-state index contributed by atoms with van der Waals surface area (Å²) in [6, 6.07) is 13.0. The lowest BCUT2D eigenvalue weighted by atomic mass is 9.92. The van der Waals surface area contributed by atoms with Crippen molar-refractivity contribution in [2.24, 2.45) is 11.0 Å². The number of benzene rings is 2. The molecular formula is C22H21FN2O3. The first kappa shape index (κ1) is 19.5. The highest BCUT2D eigenvalue weighted by Crippen LogP contribution is 2.29. The van der Waals surface area contributed by atoms with Gasteiger partial charge in [0.15, 0.2) is 0 Å². The lowest BCUT2D eigenvalue weighted by molar-refractivity contribution is -0.132. The molecule has 5 nitrogen and oxygen atoms in total. The van der Waals surface area contributed by atoms with Crippen molar-refractivity contribution in [2.45, 2.75) is 26.7 Å². The van der Waals surface area contributed by atoms with E-state index in [1.54, 1.807) is 0 Å². The minimum Gasteiger partial charge on any atom is -0.478 e. The number of carbonyl (C=O) groups is 2. The van der Waals surface area contributed by atoms with Gasteiger partial charge in [-0.25, -0.2) is 14.2 Å². The number of aliphatic carboxylic acids is 1. The van der Waals surface area contributed by atoms with E-state index >= 15 is 0 Å². The Balaban J connectivity index is 1.87. The van der Waals surface area contributed by atoms with Gasteiger partial charge in [0.05, 0.1) is 17.3 Å². The Morgan fingerprint density at radius 1 is 1.18 bits per heavy atom. The van der Waals surface area contributed by atoms with Crippen LogP contribution in [0.4, 0.5) is 10.1 Å². The van der Waals surface area contributed by atoms with Crippen molar-refractivity contribution in [3.8, 4) is 0 Å². The molecule has 0 aromatic heterocycles. The zero-order valence-corrected chi connectivity index (χ0v) is 15.7. The SMILES string of the molecule is CCC1=NN(c2ccc(C)cc2)C(=O)C1C/C(=C/c1ccc(F)cc1)C(=O)O. The fourth-order valence-electron chi connectivity index (χ4n) is 3.12. The summed E-state index contributed by atoms with van der Waals surface area (Å²) in [5.74, 6) is -2.38. The van der Waals surface area contributed by atoms with Crippen LogP contribution in [0.3, 0.4) is 0 Å². The van der Waals surface area contributed by atoms with Crippen molar-refractivity contribution in [1.29, 1.82) is 0 Å². The molecule has 0 radical (unpaired) electrons. The maximum atomic E-state index is 13.1. The number of carbonyl (C=O) groups excluding carboxylic acids is 1. The monoisotopic (exact) mass is 380 g/mol. The summed E-state index contributed by atoms with van der Waals surface area (Å²) >= 11 is 0. The summed E-state index contributed by atoms with van der Waals surface area (Å²) < 4.78 is 13.1. The van der Waals surface area contributed by atoms with Gasteiger partial charge in [-0.2, -0.15) is 5.10 Å². The van der Waals surface area contributed by atoms with Crippen molar-refractivity contribution in [2.75, 3.05) is 5.01 Å². The van der Waals surface area contributed by atoms with Crippen LogP contribution < -0.4 is 5.01 Å². The van der Waals surface area contributed by atoms with Gasteiger partial charge >= 0.3 is 5.97 Å². The second-order valence-electron chi connectivity index (χ2n) is 6.71. The minimum absolute atomic E-state index is 0.0284. The highest BCUT2D eigenvalue weighted by atomic mass is 19.1. The number of hydrogen-bond acceptors (Lipinski definition) is 3. The first-order valence-electron chi connectivity index (χ1n) is 9.06. The predicted octanol–water partition coefficient (Wildman–Crippen LogP) is 4.42. The molecule has 2 aromatic rings. The fourth-order valence-corrected chi connectivity index (χ4v) is 3.12. The number of nitrogens with zero attached hydrogens (tertiary/aromatic N) is 2. The number of aryl methyl sites for hydroxylation is 1. The average Bonchev–Trinajstić information content (AvgIpc) is 2.99. The van der Waals surface area contributed by atoms with Crippen LogP contribution in [-0.4, -0.2) is 22.7 Å². The molecule has 3 rings (SSSR count). The van der Waals surface area contributed by atoms with Gasteiger partial charge in [0, 0.05) is 5.57 Å². The number of rotatable bonds is 6. The second-order valence-corrected chi connectivity index (χ2v) is 6.71. The van der Waals surface area contributed by atoms with Gasteiger partial charge in [-0.1, -0.05) is 36.8 Å². The van der Waals surface area contributed by atoms with Gasteiger partial charge in [0.1, 0.15) is 5.82 Å². The number of carboxylic acids is 1. The first-order valence-corrected chi connectivity index (χ1v) is 9.06. The Hall–Kier alpha value is -3.28. The van der Waals surface area contributed by atoms with Crippen LogP contribution in [0, 0.1) is 18.7 Å². The van der Waals surface area contributed by atoms with E-state index in [9.17, 15) is 19.1 Å². The smallest absolute Gasteiger partial charge is 0.331 e. The molecule has 144 valence electrons. The van der Waals surface area contributed by atoms with E-state index in [1.165, 1.54) is 35.4 Å². The van der Waals surface area contributed by atoms with E-state index in [0.29, 0.717) is 23.4 Å². The van der Waals surface area contributed by atoms with Crippen LogP contribution in [-0.2, 0) is 9.59 Å².